The molecule has 1 aliphatic heterocycles. The first-order valence-electron chi connectivity index (χ1n) is 11.5. The highest BCUT2D eigenvalue weighted by Gasteiger charge is 2.41. The van der Waals surface area contributed by atoms with Crippen molar-refractivity contribution in [3.8, 4) is 17.6 Å². The van der Waals surface area contributed by atoms with Crippen LogP contribution in [-0.2, 0) is 4.79 Å². The molecule has 178 valence electrons. The van der Waals surface area contributed by atoms with Gasteiger partial charge in [0.1, 0.15) is 5.75 Å². The fourth-order valence-corrected chi connectivity index (χ4v) is 5.31. The van der Waals surface area contributed by atoms with Gasteiger partial charge in [-0.15, -0.1) is 11.3 Å². The summed E-state index contributed by atoms with van der Waals surface area (Å²) in [7, 11) is 1.61. The molecule has 1 saturated heterocycles. The van der Waals surface area contributed by atoms with Crippen molar-refractivity contribution in [3.63, 3.8) is 0 Å². The Morgan fingerprint density at radius 1 is 1.32 bits per heavy atom. The van der Waals surface area contributed by atoms with Crippen LogP contribution in [0.4, 0.5) is 0 Å². The van der Waals surface area contributed by atoms with E-state index in [1.54, 1.807) is 24.6 Å². The molecule has 6 nitrogen and oxygen atoms in total. The summed E-state index contributed by atoms with van der Waals surface area (Å²) in [5.41, 5.74) is 1.64. The first kappa shape index (κ1) is 24.2. The molecular weight excluding hydrogens is 448 g/mol. The second kappa shape index (κ2) is 10.6. The van der Waals surface area contributed by atoms with Gasteiger partial charge in [-0.2, -0.15) is 0 Å². The largest absolute Gasteiger partial charge is 0.497 e. The molecule has 1 aliphatic rings. The Morgan fingerprint density at radius 2 is 2.12 bits per heavy atom. The summed E-state index contributed by atoms with van der Waals surface area (Å²) in [5, 5.41) is 24.1. The van der Waals surface area contributed by atoms with Gasteiger partial charge < -0.3 is 14.9 Å². The lowest BCUT2D eigenvalue weighted by Crippen LogP contribution is -2.44. The summed E-state index contributed by atoms with van der Waals surface area (Å²) in [6.45, 7) is 3.94. The molecule has 1 atom stereocenters. The maximum atomic E-state index is 12.3. The van der Waals surface area contributed by atoms with Gasteiger partial charge >= 0.3 is 5.97 Å². The number of hydrogen-bond donors (Lipinski definition) is 2. The summed E-state index contributed by atoms with van der Waals surface area (Å²) >= 11 is 1.62. The first-order valence-corrected chi connectivity index (χ1v) is 12.4. The van der Waals surface area contributed by atoms with E-state index in [1.165, 1.54) is 0 Å². The summed E-state index contributed by atoms with van der Waals surface area (Å²) in [4.78, 5) is 20.0. The lowest BCUT2D eigenvalue weighted by Gasteiger charge is -2.38. The fraction of sp³-hybridized carbons (Fsp3) is 0.407. The minimum Gasteiger partial charge on any atom is -0.497 e. The van der Waals surface area contributed by atoms with Crippen LogP contribution in [0.3, 0.4) is 0 Å². The molecule has 3 heterocycles. The Balaban J connectivity index is 1.43. The van der Waals surface area contributed by atoms with Crippen molar-refractivity contribution in [2.75, 3.05) is 26.7 Å². The average molecular weight is 479 g/mol. The van der Waals surface area contributed by atoms with Gasteiger partial charge in [-0.1, -0.05) is 17.9 Å². The standard InChI is InChI=1S/C27H30N2O4S/c1-19-18-28-23-8-7-20(33-2)17-22(23)25(19)24(30)9-10-27(26(31)32)11-14-29(15-12-27)13-3-5-21-6-4-16-34-21/h4,6-8,16-18,24,30H,9-15H2,1-2H3,(H,31,32)/t24-/m0/s1. The molecule has 3 aromatic rings. The Bertz CT molecular complexity index is 1200. The Hall–Kier alpha value is -2.92. The molecule has 0 unspecified atom stereocenters. The fourth-order valence-electron chi connectivity index (χ4n) is 4.72. The molecule has 1 aromatic carbocycles. The number of likely N-dealkylation sites (tertiary alicyclic amines) is 1. The average Bonchev–Trinajstić information content (AvgIpc) is 3.36. The number of hydrogen-bond acceptors (Lipinski definition) is 6. The molecule has 0 radical (unpaired) electrons. The van der Waals surface area contributed by atoms with Gasteiger partial charge in [-0.3, -0.25) is 14.7 Å². The number of pyridine rings is 1. The number of piperidine rings is 1. The first-order chi connectivity index (χ1) is 16.4. The van der Waals surface area contributed by atoms with Gasteiger partial charge in [-0.05, 0) is 73.4 Å². The van der Waals surface area contributed by atoms with E-state index in [2.05, 4.69) is 21.7 Å². The zero-order valence-corrected chi connectivity index (χ0v) is 20.4. The Morgan fingerprint density at radius 3 is 2.79 bits per heavy atom. The van der Waals surface area contributed by atoms with E-state index in [9.17, 15) is 15.0 Å². The number of aliphatic hydroxyl groups is 1. The Labute approximate surface area is 204 Å². The summed E-state index contributed by atoms with van der Waals surface area (Å²) in [6, 6.07) is 9.59. The van der Waals surface area contributed by atoms with Crippen molar-refractivity contribution in [2.24, 2.45) is 5.41 Å². The third kappa shape index (κ3) is 5.25. The van der Waals surface area contributed by atoms with Crippen LogP contribution < -0.4 is 4.74 Å². The van der Waals surface area contributed by atoms with Crippen molar-refractivity contribution < 1.29 is 19.7 Å². The molecule has 0 amide bonds. The van der Waals surface area contributed by atoms with Crippen molar-refractivity contribution in [1.82, 2.24) is 9.88 Å². The van der Waals surface area contributed by atoms with E-state index in [-0.39, 0.29) is 0 Å². The number of carboxylic acid groups (broad SMARTS) is 1. The number of aliphatic hydroxyl groups excluding tert-OH is 1. The minimum atomic E-state index is -0.826. The van der Waals surface area contributed by atoms with E-state index < -0.39 is 17.5 Å². The van der Waals surface area contributed by atoms with Crippen molar-refractivity contribution >= 4 is 28.2 Å². The van der Waals surface area contributed by atoms with Gasteiger partial charge in [-0.25, -0.2) is 0 Å². The molecule has 0 bridgehead atoms. The minimum absolute atomic E-state index is 0.377. The van der Waals surface area contributed by atoms with Crippen molar-refractivity contribution in [3.05, 3.63) is 57.9 Å². The maximum absolute atomic E-state index is 12.3. The maximum Gasteiger partial charge on any atom is 0.309 e. The van der Waals surface area contributed by atoms with Crippen LogP contribution >= 0.6 is 11.3 Å². The number of benzene rings is 1. The van der Waals surface area contributed by atoms with E-state index in [0.717, 1.165) is 26.9 Å². The van der Waals surface area contributed by atoms with Gasteiger partial charge in [0, 0.05) is 24.7 Å². The van der Waals surface area contributed by atoms with Crippen LogP contribution in [-0.4, -0.2) is 52.8 Å². The lowest BCUT2D eigenvalue weighted by molar-refractivity contribution is -0.153. The lowest BCUT2D eigenvalue weighted by atomic mass is 9.74. The molecule has 0 spiro atoms. The van der Waals surface area contributed by atoms with E-state index in [4.69, 9.17) is 4.74 Å². The van der Waals surface area contributed by atoms with E-state index in [1.807, 2.05) is 42.6 Å². The molecule has 0 aliphatic carbocycles. The number of aliphatic carboxylic acids is 1. The second-order valence-corrected chi connectivity index (χ2v) is 9.88. The second-order valence-electron chi connectivity index (χ2n) is 8.93. The van der Waals surface area contributed by atoms with Crippen molar-refractivity contribution in [1.29, 1.82) is 0 Å². The SMILES string of the molecule is COc1ccc2ncc(C)c([C@@H](O)CCC3(C(=O)O)CCN(CC#Cc4cccs4)CC3)c2c1. The van der Waals surface area contributed by atoms with Gasteiger partial charge in [0.05, 0.1) is 35.6 Å². The van der Waals surface area contributed by atoms with Crippen LogP contribution in [0, 0.1) is 24.2 Å². The summed E-state index contributed by atoms with van der Waals surface area (Å²) in [5.74, 6) is 6.29. The number of aryl methyl sites for hydroxylation is 1. The molecule has 0 saturated carbocycles. The van der Waals surface area contributed by atoms with E-state index in [0.29, 0.717) is 51.1 Å². The number of carboxylic acids is 1. The quantitative estimate of drug-likeness (QED) is 0.481. The predicted molar refractivity (Wildman–Crippen MR) is 134 cm³/mol. The molecule has 2 aromatic heterocycles. The zero-order valence-electron chi connectivity index (χ0n) is 19.6. The number of rotatable bonds is 7. The number of carbonyl (C=O) groups is 1. The highest BCUT2D eigenvalue weighted by Crippen LogP contribution is 2.40. The predicted octanol–water partition coefficient (Wildman–Crippen LogP) is 4.65. The third-order valence-corrected chi connectivity index (χ3v) is 7.63. The number of methoxy groups -OCH3 is 1. The van der Waals surface area contributed by atoms with Crippen LogP contribution in [0.1, 0.15) is 47.8 Å². The molecule has 2 N–H and O–H groups in total. The van der Waals surface area contributed by atoms with Crippen LogP contribution in [0.25, 0.3) is 10.9 Å². The summed E-state index contributed by atoms with van der Waals surface area (Å²) in [6.07, 6.45) is 2.89. The number of thiophene rings is 1. The number of ether oxygens (including phenoxy) is 1. The van der Waals surface area contributed by atoms with Gasteiger partial charge in [0.2, 0.25) is 0 Å². The van der Waals surface area contributed by atoms with E-state index >= 15 is 0 Å². The highest BCUT2D eigenvalue weighted by molar-refractivity contribution is 7.10. The summed E-state index contributed by atoms with van der Waals surface area (Å²) < 4.78 is 5.36. The van der Waals surface area contributed by atoms with Crippen LogP contribution in [0.15, 0.2) is 41.9 Å². The monoisotopic (exact) mass is 478 g/mol. The number of fused-ring (bicyclic) bond motifs is 1. The molecule has 4 rings (SSSR count). The van der Waals surface area contributed by atoms with Crippen molar-refractivity contribution in [2.45, 2.75) is 38.7 Å². The number of nitrogens with zero attached hydrogens (tertiary/aromatic N) is 2. The zero-order chi connectivity index (χ0) is 24.1. The topological polar surface area (TPSA) is 82.9 Å². The van der Waals surface area contributed by atoms with Gasteiger partial charge in [0.25, 0.3) is 0 Å². The Kier molecular flexibility index (Phi) is 7.52. The third-order valence-electron chi connectivity index (χ3n) is 6.85. The van der Waals surface area contributed by atoms with Crippen LogP contribution in [0.5, 0.6) is 5.75 Å². The highest BCUT2D eigenvalue weighted by atomic mass is 32.1. The smallest absolute Gasteiger partial charge is 0.309 e. The van der Waals surface area contributed by atoms with Gasteiger partial charge in [0.15, 0.2) is 0 Å². The van der Waals surface area contributed by atoms with Crippen LogP contribution in [0.2, 0.25) is 0 Å². The molecule has 7 heteroatoms. The molecule has 1 fully saturated rings. The normalized spacial score (nSPS) is 16.6. The number of aromatic nitrogens is 1. The molecular formula is C27H30N2O4S. The molecule has 34 heavy (non-hydrogen) atoms.